The molecular formula is C22H36N6O2. The maximum absolute atomic E-state index is 5.44. The van der Waals surface area contributed by atoms with Gasteiger partial charge < -0.3 is 19.8 Å². The van der Waals surface area contributed by atoms with Gasteiger partial charge in [-0.3, -0.25) is 9.58 Å². The number of hydrogen-bond donors (Lipinski definition) is 2. The summed E-state index contributed by atoms with van der Waals surface area (Å²) in [6, 6.07) is 3.92. The maximum Gasteiger partial charge on any atom is 0.191 e. The van der Waals surface area contributed by atoms with Crippen LogP contribution in [-0.4, -0.2) is 66.6 Å². The number of aromatic nitrogens is 2. The van der Waals surface area contributed by atoms with Crippen molar-refractivity contribution in [3.63, 3.8) is 0 Å². The largest absolute Gasteiger partial charge is 0.469 e. The summed E-state index contributed by atoms with van der Waals surface area (Å²) in [5.41, 5.74) is 3.66. The van der Waals surface area contributed by atoms with Gasteiger partial charge >= 0.3 is 0 Å². The quantitative estimate of drug-likeness (QED) is 0.454. The highest BCUT2D eigenvalue weighted by Gasteiger charge is 2.14. The summed E-state index contributed by atoms with van der Waals surface area (Å²) in [4.78, 5) is 7.31. The second-order valence-corrected chi connectivity index (χ2v) is 7.50. The van der Waals surface area contributed by atoms with Gasteiger partial charge in [-0.2, -0.15) is 5.10 Å². The zero-order valence-electron chi connectivity index (χ0n) is 18.6. The zero-order chi connectivity index (χ0) is 21.2. The topological polar surface area (TPSA) is 79.8 Å². The Balaban J connectivity index is 1.61. The molecule has 2 N–H and O–H groups in total. The van der Waals surface area contributed by atoms with Crippen LogP contribution in [0.1, 0.15) is 36.6 Å². The molecular weight excluding hydrogens is 380 g/mol. The van der Waals surface area contributed by atoms with Crippen LogP contribution in [0.5, 0.6) is 0 Å². The van der Waals surface area contributed by atoms with Crippen molar-refractivity contribution >= 4 is 5.96 Å². The molecule has 8 heteroatoms. The minimum absolute atomic E-state index is 0.633. The van der Waals surface area contributed by atoms with E-state index in [1.54, 1.807) is 6.26 Å². The number of nitrogens with zero attached hydrogens (tertiary/aromatic N) is 4. The van der Waals surface area contributed by atoms with Crippen LogP contribution in [0.3, 0.4) is 0 Å². The number of morpholine rings is 1. The molecule has 1 saturated heterocycles. The number of furan rings is 1. The van der Waals surface area contributed by atoms with E-state index in [0.717, 1.165) is 82.6 Å². The van der Waals surface area contributed by atoms with E-state index in [-0.39, 0.29) is 0 Å². The van der Waals surface area contributed by atoms with Crippen molar-refractivity contribution in [3.05, 3.63) is 41.1 Å². The molecule has 0 aromatic carbocycles. The maximum atomic E-state index is 5.44. The molecule has 0 saturated carbocycles. The van der Waals surface area contributed by atoms with Gasteiger partial charge in [0.2, 0.25) is 0 Å². The lowest BCUT2D eigenvalue weighted by Gasteiger charge is -2.26. The Morgan fingerprint density at radius 1 is 1.17 bits per heavy atom. The summed E-state index contributed by atoms with van der Waals surface area (Å²) in [5, 5.41) is 11.6. The van der Waals surface area contributed by atoms with Gasteiger partial charge in [0, 0.05) is 57.4 Å². The van der Waals surface area contributed by atoms with E-state index in [0.29, 0.717) is 6.54 Å². The Hall–Kier alpha value is -2.32. The fourth-order valence-electron chi connectivity index (χ4n) is 3.82. The lowest BCUT2D eigenvalue weighted by Crippen LogP contribution is -2.44. The molecule has 0 aliphatic carbocycles. The van der Waals surface area contributed by atoms with Gasteiger partial charge in [-0.1, -0.05) is 13.8 Å². The number of aryl methyl sites for hydroxylation is 2. The van der Waals surface area contributed by atoms with Crippen LogP contribution < -0.4 is 10.6 Å². The van der Waals surface area contributed by atoms with Crippen molar-refractivity contribution in [2.45, 2.75) is 39.7 Å². The van der Waals surface area contributed by atoms with Gasteiger partial charge in [0.25, 0.3) is 0 Å². The standard InChI is InChI=1S/C22H36N6O2/c1-4-20-19(21(5-2)27(3)26-20)17-25-22(23-9-8-18-7-6-14-30-18)24-10-11-28-12-15-29-16-13-28/h6-7,14H,4-5,8-13,15-17H2,1-3H3,(H2,23,24,25). The molecule has 0 atom stereocenters. The Morgan fingerprint density at radius 3 is 2.67 bits per heavy atom. The van der Waals surface area contributed by atoms with Gasteiger partial charge in [-0.05, 0) is 25.0 Å². The Bertz CT molecular complexity index is 778. The van der Waals surface area contributed by atoms with Gasteiger partial charge in [0.05, 0.1) is 31.7 Å². The lowest BCUT2D eigenvalue weighted by atomic mass is 10.1. The highest BCUT2D eigenvalue weighted by molar-refractivity contribution is 5.79. The van der Waals surface area contributed by atoms with Crippen molar-refractivity contribution in [1.82, 2.24) is 25.3 Å². The molecule has 2 aromatic heterocycles. The molecule has 1 fully saturated rings. The van der Waals surface area contributed by atoms with Crippen LogP contribution in [0.4, 0.5) is 0 Å². The van der Waals surface area contributed by atoms with Crippen molar-refractivity contribution in [3.8, 4) is 0 Å². The van der Waals surface area contributed by atoms with E-state index in [4.69, 9.17) is 14.1 Å². The molecule has 1 aliphatic rings. The zero-order valence-corrected chi connectivity index (χ0v) is 18.6. The molecule has 2 aromatic rings. The highest BCUT2D eigenvalue weighted by atomic mass is 16.5. The number of nitrogens with one attached hydrogen (secondary N) is 2. The predicted molar refractivity (Wildman–Crippen MR) is 119 cm³/mol. The molecule has 0 bridgehead atoms. The molecule has 0 amide bonds. The molecule has 166 valence electrons. The second-order valence-electron chi connectivity index (χ2n) is 7.50. The van der Waals surface area contributed by atoms with E-state index < -0.39 is 0 Å². The smallest absolute Gasteiger partial charge is 0.191 e. The third-order valence-corrected chi connectivity index (χ3v) is 5.49. The average Bonchev–Trinajstić information content (AvgIpc) is 3.39. The normalized spacial score (nSPS) is 15.5. The molecule has 8 nitrogen and oxygen atoms in total. The van der Waals surface area contributed by atoms with E-state index in [1.165, 1.54) is 11.3 Å². The molecule has 30 heavy (non-hydrogen) atoms. The van der Waals surface area contributed by atoms with Crippen LogP contribution in [0.2, 0.25) is 0 Å². The van der Waals surface area contributed by atoms with Gasteiger partial charge in [0.15, 0.2) is 5.96 Å². The molecule has 3 heterocycles. The Kier molecular flexibility index (Phi) is 8.77. The fraction of sp³-hybridized carbons (Fsp3) is 0.636. The van der Waals surface area contributed by atoms with Crippen LogP contribution in [0.15, 0.2) is 27.8 Å². The Labute approximate surface area is 179 Å². The predicted octanol–water partition coefficient (Wildman–Crippen LogP) is 1.75. The molecule has 0 unspecified atom stereocenters. The first-order chi connectivity index (χ1) is 14.7. The van der Waals surface area contributed by atoms with Crippen LogP contribution >= 0.6 is 0 Å². The summed E-state index contributed by atoms with van der Waals surface area (Å²) >= 11 is 0. The Morgan fingerprint density at radius 2 is 1.97 bits per heavy atom. The second kappa shape index (κ2) is 11.8. The first kappa shape index (κ1) is 22.4. The van der Waals surface area contributed by atoms with E-state index in [9.17, 15) is 0 Å². The molecule has 0 spiro atoms. The van der Waals surface area contributed by atoms with Crippen LogP contribution in [0, 0.1) is 0 Å². The van der Waals surface area contributed by atoms with Gasteiger partial charge in [-0.25, -0.2) is 4.99 Å². The summed E-state index contributed by atoms with van der Waals surface area (Å²) in [7, 11) is 2.02. The highest BCUT2D eigenvalue weighted by Crippen LogP contribution is 2.16. The molecule has 0 radical (unpaired) electrons. The van der Waals surface area contributed by atoms with Crippen molar-refractivity contribution in [2.75, 3.05) is 45.9 Å². The van der Waals surface area contributed by atoms with Gasteiger partial charge in [-0.15, -0.1) is 0 Å². The van der Waals surface area contributed by atoms with Crippen LogP contribution in [-0.2, 0) is 37.6 Å². The minimum Gasteiger partial charge on any atom is -0.469 e. The lowest BCUT2D eigenvalue weighted by molar-refractivity contribution is 0.0389. The number of rotatable bonds is 10. The van der Waals surface area contributed by atoms with Crippen LogP contribution in [0.25, 0.3) is 0 Å². The van der Waals surface area contributed by atoms with E-state index >= 15 is 0 Å². The summed E-state index contributed by atoms with van der Waals surface area (Å²) in [6.45, 7) is 11.2. The van der Waals surface area contributed by atoms with Crippen molar-refractivity contribution < 1.29 is 9.15 Å². The third-order valence-electron chi connectivity index (χ3n) is 5.49. The third kappa shape index (κ3) is 6.34. The summed E-state index contributed by atoms with van der Waals surface area (Å²) in [5.74, 6) is 1.81. The fourth-order valence-corrected chi connectivity index (χ4v) is 3.82. The van der Waals surface area contributed by atoms with Crippen molar-refractivity contribution in [2.24, 2.45) is 12.0 Å². The number of guanidine groups is 1. The summed E-state index contributed by atoms with van der Waals surface area (Å²) in [6.07, 6.45) is 4.42. The minimum atomic E-state index is 0.633. The number of ether oxygens (including phenoxy) is 1. The van der Waals surface area contributed by atoms with Crippen molar-refractivity contribution in [1.29, 1.82) is 0 Å². The monoisotopic (exact) mass is 416 g/mol. The molecule has 3 rings (SSSR count). The number of aliphatic imine (C=N–C) groups is 1. The first-order valence-electron chi connectivity index (χ1n) is 11.1. The molecule has 1 aliphatic heterocycles. The first-order valence-corrected chi connectivity index (χ1v) is 11.1. The van der Waals surface area contributed by atoms with E-state index in [1.807, 2.05) is 23.9 Å². The summed E-state index contributed by atoms with van der Waals surface area (Å²) < 4.78 is 12.9. The average molecular weight is 417 g/mol. The number of hydrogen-bond acceptors (Lipinski definition) is 5. The van der Waals surface area contributed by atoms with Gasteiger partial charge in [0.1, 0.15) is 5.76 Å². The van der Waals surface area contributed by atoms with E-state index in [2.05, 4.69) is 34.5 Å². The SMILES string of the molecule is CCc1nn(C)c(CC)c1CN=C(NCCc1ccco1)NCCN1CCOCC1.